The number of hydrogen-bond donors (Lipinski definition) is 1. The first-order valence-corrected chi connectivity index (χ1v) is 5.62. The molecule has 0 spiro atoms. The Morgan fingerprint density at radius 3 is 2.79 bits per heavy atom. The van der Waals surface area contributed by atoms with E-state index >= 15 is 0 Å². The SMILES string of the molecule is CC1=CCC(C2(C)CCC(O)O2)CC1. The fourth-order valence-electron chi connectivity index (χ4n) is 2.66. The van der Waals surface area contributed by atoms with E-state index in [9.17, 15) is 5.11 Å². The Morgan fingerprint density at radius 1 is 1.50 bits per heavy atom. The highest BCUT2D eigenvalue weighted by Crippen LogP contribution is 2.41. The monoisotopic (exact) mass is 196 g/mol. The van der Waals surface area contributed by atoms with E-state index in [0.717, 1.165) is 19.3 Å². The molecule has 2 nitrogen and oxygen atoms in total. The summed E-state index contributed by atoms with van der Waals surface area (Å²) in [4.78, 5) is 0. The average Bonchev–Trinajstić information content (AvgIpc) is 2.48. The van der Waals surface area contributed by atoms with Gasteiger partial charge in [-0.1, -0.05) is 11.6 Å². The molecule has 1 saturated heterocycles. The molecule has 0 bridgehead atoms. The minimum atomic E-state index is -0.521. The molecule has 0 aromatic carbocycles. The molecule has 1 N–H and O–H groups in total. The smallest absolute Gasteiger partial charge is 0.155 e. The van der Waals surface area contributed by atoms with Gasteiger partial charge in [0.1, 0.15) is 0 Å². The van der Waals surface area contributed by atoms with Gasteiger partial charge < -0.3 is 9.84 Å². The van der Waals surface area contributed by atoms with Crippen molar-refractivity contribution in [3.63, 3.8) is 0 Å². The van der Waals surface area contributed by atoms with Gasteiger partial charge in [-0.25, -0.2) is 0 Å². The van der Waals surface area contributed by atoms with Gasteiger partial charge in [-0.15, -0.1) is 0 Å². The molecule has 0 aromatic rings. The molecule has 1 aliphatic carbocycles. The number of rotatable bonds is 1. The van der Waals surface area contributed by atoms with Crippen LogP contribution in [0.2, 0.25) is 0 Å². The largest absolute Gasteiger partial charge is 0.368 e. The topological polar surface area (TPSA) is 29.5 Å². The summed E-state index contributed by atoms with van der Waals surface area (Å²) in [5.41, 5.74) is 1.43. The molecule has 0 aromatic heterocycles. The van der Waals surface area contributed by atoms with Gasteiger partial charge in [-0.2, -0.15) is 0 Å². The standard InChI is InChI=1S/C12H20O2/c1-9-3-5-10(6-4-9)12(2)8-7-11(13)14-12/h3,10-11,13H,4-8H2,1-2H3. The molecule has 3 atom stereocenters. The third kappa shape index (κ3) is 1.86. The second-order valence-corrected chi connectivity index (χ2v) is 4.95. The summed E-state index contributed by atoms with van der Waals surface area (Å²) >= 11 is 0. The summed E-state index contributed by atoms with van der Waals surface area (Å²) in [6, 6.07) is 0. The fourth-order valence-corrected chi connectivity index (χ4v) is 2.66. The lowest BCUT2D eigenvalue weighted by molar-refractivity contribution is -0.151. The zero-order valence-electron chi connectivity index (χ0n) is 9.12. The summed E-state index contributed by atoms with van der Waals surface area (Å²) in [5, 5.41) is 9.41. The van der Waals surface area contributed by atoms with E-state index in [2.05, 4.69) is 19.9 Å². The van der Waals surface area contributed by atoms with Crippen molar-refractivity contribution in [1.82, 2.24) is 0 Å². The third-order valence-corrected chi connectivity index (χ3v) is 3.79. The first-order chi connectivity index (χ1) is 6.60. The molecule has 1 fully saturated rings. The van der Waals surface area contributed by atoms with Crippen LogP contribution in [0.15, 0.2) is 11.6 Å². The average molecular weight is 196 g/mol. The van der Waals surface area contributed by atoms with Crippen LogP contribution < -0.4 is 0 Å². The van der Waals surface area contributed by atoms with Crippen LogP contribution in [0.5, 0.6) is 0 Å². The minimum absolute atomic E-state index is 0.0728. The quantitative estimate of drug-likeness (QED) is 0.653. The molecule has 2 rings (SSSR count). The van der Waals surface area contributed by atoms with Crippen LogP contribution in [0.1, 0.15) is 46.0 Å². The van der Waals surface area contributed by atoms with Crippen LogP contribution in [-0.2, 0) is 4.74 Å². The van der Waals surface area contributed by atoms with E-state index < -0.39 is 6.29 Å². The zero-order chi connectivity index (χ0) is 10.2. The van der Waals surface area contributed by atoms with Gasteiger partial charge in [0.15, 0.2) is 6.29 Å². The summed E-state index contributed by atoms with van der Waals surface area (Å²) in [6.07, 6.45) is 7.14. The minimum Gasteiger partial charge on any atom is -0.368 e. The Balaban J connectivity index is 2.02. The molecule has 2 aliphatic rings. The van der Waals surface area contributed by atoms with Crippen LogP contribution in [0.4, 0.5) is 0 Å². The van der Waals surface area contributed by atoms with Crippen LogP contribution in [0, 0.1) is 5.92 Å². The van der Waals surface area contributed by atoms with E-state index in [1.807, 2.05) is 0 Å². The Hall–Kier alpha value is -0.340. The molecule has 3 unspecified atom stereocenters. The lowest BCUT2D eigenvalue weighted by Gasteiger charge is -2.35. The van der Waals surface area contributed by atoms with E-state index in [1.165, 1.54) is 18.4 Å². The van der Waals surface area contributed by atoms with Crippen molar-refractivity contribution in [3.8, 4) is 0 Å². The summed E-state index contributed by atoms with van der Waals surface area (Å²) in [5.74, 6) is 0.600. The third-order valence-electron chi connectivity index (χ3n) is 3.79. The molecular formula is C12H20O2. The molecule has 1 heterocycles. The van der Waals surface area contributed by atoms with Gasteiger partial charge >= 0.3 is 0 Å². The molecule has 0 radical (unpaired) electrons. The van der Waals surface area contributed by atoms with E-state index in [-0.39, 0.29) is 5.60 Å². The molecular weight excluding hydrogens is 176 g/mol. The van der Waals surface area contributed by atoms with E-state index in [1.54, 1.807) is 0 Å². The molecule has 80 valence electrons. The number of aliphatic hydroxyl groups is 1. The number of allylic oxidation sites excluding steroid dienone is 2. The second kappa shape index (κ2) is 3.67. The Morgan fingerprint density at radius 2 is 2.29 bits per heavy atom. The van der Waals surface area contributed by atoms with Crippen LogP contribution >= 0.6 is 0 Å². The van der Waals surface area contributed by atoms with E-state index in [0.29, 0.717) is 5.92 Å². The summed E-state index contributed by atoms with van der Waals surface area (Å²) < 4.78 is 5.65. The maximum absolute atomic E-state index is 9.41. The first-order valence-electron chi connectivity index (χ1n) is 5.62. The highest BCUT2D eigenvalue weighted by Gasteiger charge is 2.41. The maximum atomic E-state index is 9.41. The van der Waals surface area contributed by atoms with Crippen molar-refractivity contribution in [3.05, 3.63) is 11.6 Å². The van der Waals surface area contributed by atoms with Gasteiger partial charge in [0.2, 0.25) is 0 Å². The molecule has 1 aliphatic heterocycles. The van der Waals surface area contributed by atoms with E-state index in [4.69, 9.17) is 4.74 Å². The van der Waals surface area contributed by atoms with Crippen molar-refractivity contribution >= 4 is 0 Å². The zero-order valence-corrected chi connectivity index (χ0v) is 9.12. The Labute approximate surface area is 86.0 Å². The normalized spacial score (nSPS) is 43.8. The van der Waals surface area contributed by atoms with Crippen molar-refractivity contribution in [2.75, 3.05) is 0 Å². The van der Waals surface area contributed by atoms with Crippen LogP contribution in [0.3, 0.4) is 0 Å². The lowest BCUT2D eigenvalue weighted by atomic mass is 9.77. The van der Waals surface area contributed by atoms with Crippen molar-refractivity contribution in [2.24, 2.45) is 5.92 Å². The predicted octanol–water partition coefficient (Wildman–Crippen LogP) is 2.62. The van der Waals surface area contributed by atoms with Gasteiger partial charge in [-0.05, 0) is 45.4 Å². The van der Waals surface area contributed by atoms with Crippen molar-refractivity contribution < 1.29 is 9.84 Å². The molecule has 2 heteroatoms. The number of hydrogen-bond acceptors (Lipinski definition) is 2. The molecule has 0 amide bonds. The highest BCUT2D eigenvalue weighted by atomic mass is 16.6. The van der Waals surface area contributed by atoms with Crippen molar-refractivity contribution in [1.29, 1.82) is 0 Å². The van der Waals surface area contributed by atoms with Gasteiger partial charge in [0.05, 0.1) is 5.60 Å². The first kappa shape index (κ1) is 10.2. The van der Waals surface area contributed by atoms with Gasteiger partial charge in [0, 0.05) is 6.42 Å². The Bertz CT molecular complexity index is 247. The summed E-state index contributed by atoms with van der Waals surface area (Å²) in [7, 11) is 0. The fraction of sp³-hybridized carbons (Fsp3) is 0.833. The molecule has 14 heavy (non-hydrogen) atoms. The second-order valence-electron chi connectivity index (χ2n) is 4.95. The number of ether oxygens (including phenoxy) is 1. The van der Waals surface area contributed by atoms with Crippen LogP contribution in [-0.4, -0.2) is 17.0 Å². The van der Waals surface area contributed by atoms with Gasteiger partial charge in [-0.3, -0.25) is 0 Å². The van der Waals surface area contributed by atoms with Crippen molar-refractivity contribution in [2.45, 2.75) is 57.8 Å². The van der Waals surface area contributed by atoms with Gasteiger partial charge in [0.25, 0.3) is 0 Å². The molecule has 0 saturated carbocycles. The number of aliphatic hydroxyl groups excluding tert-OH is 1. The predicted molar refractivity (Wildman–Crippen MR) is 55.8 cm³/mol. The Kier molecular flexibility index (Phi) is 2.67. The van der Waals surface area contributed by atoms with Crippen LogP contribution in [0.25, 0.3) is 0 Å². The lowest BCUT2D eigenvalue weighted by Crippen LogP contribution is -2.35. The highest BCUT2D eigenvalue weighted by molar-refractivity contribution is 5.06. The maximum Gasteiger partial charge on any atom is 0.155 e. The summed E-state index contributed by atoms with van der Waals surface area (Å²) in [6.45, 7) is 4.35.